The van der Waals surface area contributed by atoms with Crippen molar-refractivity contribution in [2.24, 2.45) is 10.7 Å². The number of benzene rings is 1. The number of hydrogen-bond acceptors (Lipinski definition) is 5. The van der Waals surface area contributed by atoms with Gasteiger partial charge in [0.15, 0.2) is 0 Å². The third kappa shape index (κ3) is 2.51. The Morgan fingerprint density at radius 1 is 1.53 bits per heavy atom. The summed E-state index contributed by atoms with van der Waals surface area (Å²) in [6, 6.07) is 4.72. The molecule has 0 amide bonds. The van der Waals surface area contributed by atoms with Gasteiger partial charge >= 0.3 is 0 Å². The molecule has 2 rings (SSSR count). The third-order valence-corrected chi connectivity index (χ3v) is 2.25. The second-order valence-corrected chi connectivity index (χ2v) is 3.44. The van der Waals surface area contributed by atoms with Crippen molar-refractivity contribution in [1.82, 2.24) is 20.6 Å². The zero-order chi connectivity index (χ0) is 12.3. The van der Waals surface area contributed by atoms with Gasteiger partial charge in [-0.05, 0) is 23.4 Å². The summed E-state index contributed by atoms with van der Waals surface area (Å²) in [5, 5.41) is 23.0. The van der Waals surface area contributed by atoms with Gasteiger partial charge in [0.05, 0.1) is 5.88 Å². The number of H-pyrrole nitrogens is 1. The number of aliphatic imine (C=N–C) groups is 1. The van der Waals surface area contributed by atoms with E-state index < -0.39 is 0 Å². The number of phenols is 1. The average Bonchev–Trinajstić information content (AvgIpc) is 2.85. The van der Waals surface area contributed by atoms with Gasteiger partial charge in [-0.2, -0.15) is 5.21 Å². The maximum absolute atomic E-state index is 9.61. The highest BCUT2D eigenvalue weighted by Gasteiger charge is 2.07. The normalized spacial score (nSPS) is 11.7. The highest BCUT2D eigenvalue weighted by molar-refractivity contribution is 6.28. The number of tetrazole rings is 1. The zero-order valence-corrected chi connectivity index (χ0v) is 9.39. The van der Waals surface area contributed by atoms with E-state index in [0.29, 0.717) is 17.1 Å². The molecule has 0 spiro atoms. The first-order valence-electron chi connectivity index (χ1n) is 4.66. The third-order valence-electron chi connectivity index (χ3n) is 1.98. The lowest BCUT2D eigenvalue weighted by Gasteiger charge is -2.02. The first kappa shape index (κ1) is 11.3. The predicted molar refractivity (Wildman–Crippen MR) is 63.3 cm³/mol. The molecule has 0 bridgehead atoms. The Hall–Kier alpha value is -2.15. The van der Waals surface area contributed by atoms with Crippen molar-refractivity contribution in [3.05, 3.63) is 18.2 Å². The fraction of sp³-hybridized carbons (Fsp3) is 0.111. The van der Waals surface area contributed by atoms with Gasteiger partial charge in [0.2, 0.25) is 5.82 Å². The van der Waals surface area contributed by atoms with E-state index >= 15 is 0 Å². The standard InChI is InChI=1S/C9H9ClN6O/c10-4-8(11)12-6-3-5(1-2-7(6)17)9-13-15-16-14-9/h1-3,17H,4H2,(H2,11,12)(H,13,14,15,16). The maximum Gasteiger partial charge on any atom is 0.204 e. The van der Waals surface area contributed by atoms with Crippen molar-refractivity contribution in [2.75, 3.05) is 5.88 Å². The molecule has 0 aliphatic heterocycles. The van der Waals surface area contributed by atoms with E-state index in [1.54, 1.807) is 12.1 Å². The monoisotopic (exact) mass is 252 g/mol. The molecule has 0 saturated heterocycles. The van der Waals surface area contributed by atoms with Crippen LogP contribution in [0, 0.1) is 0 Å². The number of phenolic OH excluding ortho intramolecular Hbond substituents is 1. The highest BCUT2D eigenvalue weighted by atomic mass is 35.5. The van der Waals surface area contributed by atoms with E-state index in [-0.39, 0.29) is 17.5 Å². The van der Waals surface area contributed by atoms with Gasteiger partial charge < -0.3 is 10.8 Å². The number of alkyl halides is 1. The van der Waals surface area contributed by atoms with E-state index in [1.807, 2.05) is 0 Å². The number of amidine groups is 1. The summed E-state index contributed by atoms with van der Waals surface area (Å²) in [4.78, 5) is 3.97. The molecular formula is C9H9ClN6O. The molecule has 2 aromatic rings. The summed E-state index contributed by atoms with van der Waals surface area (Å²) in [5.74, 6) is 0.717. The summed E-state index contributed by atoms with van der Waals surface area (Å²) < 4.78 is 0. The number of aromatic nitrogens is 4. The maximum atomic E-state index is 9.61. The lowest BCUT2D eigenvalue weighted by atomic mass is 10.2. The predicted octanol–water partition coefficient (Wildman–Crippen LogP) is 0.800. The van der Waals surface area contributed by atoms with Gasteiger partial charge in [-0.15, -0.1) is 21.8 Å². The molecule has 0 saturated carbocycles. The highest BCUT2D eigenvalue weighted by Crippen LogP contribution is 2.30. The molecule has 1 heterocycles. The molecule has 0 aliphatic rings. The molecule has 0 radical (unpaired) electrons. The van der Waals surface area contributed by atoms with Crippen LogP contribution in [0.5, 0.6) is 5.75 Å². The molecule has 1 aromatic heterocycles. The van der Waals surface area contributed by atoms with Crippen LogP contribution in [0.3, 0.4) is 0 Å². The fourth-order valence-electron chi connectivity index (χ4n) is 1.22. The van der Waals surface area contributed by atoms with Crippen molar-refractivity contribution in [2.45, 2.75) is 0 Å². The molecule has 17 heavy (non-hydrogen) atoms. The van der Waals surface area contributed by atoms with Crippen LogP contribution in [-0.2, 0) is 0 Å². The SMILES string of the molecule is NC(CCl)=Nc1cc(-c2nn[nH]n2)ccc1O. The van der Waals surface area contributed by atoms with Gasteiger partial charge in [-0.1, -0.05) is 0 Å². The minimum Gasteiger partial charge on any atom is -0.506 e. The number of hydrogen-bond donors (Lipinski definition) is 3. The van der Waals surface area contributed by atoms with Crippen molar-refractivity contribution < 1.29 is 5.11 Å². The van der Waals surface area contributed by atoms with Gasteiger partial charge in [0.1, 0.15) is 17.3 Å². The van der Waals surface area contributed by atoms with E-state index in [4.69, 9.17) is 17.3 Å². The lowest BCUT2D eigenvalue weighted by molar-refractivity contribution is 0.477. The Balaban J connectivity index is 2.43. The number of nitrogens with two attached hydrogens (primary N) is 1. The van der Waals surface area contributed by atoms with Crippen LogP contribution in [0.4, 0.5) is 5.69 Å². The lowest BCUT2D eigenvalue weighted by Crippen LogP contribution is -2.12. The van der Waals surface area contributed by atoms with Crippen molar-refractivity contribution in [1.29, 1.82) is 0 Å². The molecule has 4 N–H and O–H groups in total. The number of halogens is 1. The van der Waals surface area contributed by atoms with Crippen molar-refractivity contribution in [3.63, 3.8) is 0 Å². The van der Waals surface area contributed by atoms with Crippen molar-refractivity contribution >= 4 is 23.1 Å². The molecule has 0 fully saturated rings. The minimum absolute atomic E-state index is 0.00492. The molecule has 0 aliphatic carbocycles. The fourth-order valence-corrected chi connectivity index (χ4v) is 1.28. The zero-order valence-electron chi connectivity index (χ0n) is 8.63. The topological polar surface area (TPSA) is 113 Å². The largest absolute Gasteiger partial charge is 0.506 e. The van der Waals surface area contributed by atoms with Gasteiger partial charge in [0, 0.05) is 5.56 Å². The van der Waals surface area contributed by atoms with Crippen molar-refractivity contribution in [3.8, 4) is 17.1 Å². The molecule has 7 nitrogen and oxygen atoms in total. The van der Waals surface area contributed by atoms with E-state index in [2.05, 4.69) is 25.6 Å². The van der Waals surface area contributed by atoms with Gasteiger partial charge in [-0.25, -0.2) is 4.99 Å². The number of aromatic hydroxyl groups is 1. The van der Waals surface area contributed by atoms with Crippen LogP contribution in [0.1, 0.15) is 0 Å². The number of aromatic amines is 1. The van der Waals surface area contributed by atoms with E-state index in [1.165, 1.54) is 6.07 Å². The van der Waals surface area contributed by atoms with E-state index in [9.17, 15) is 5.11 Å². The summed E-state index contributed by atoms with van der Waals surface area (Å²) in [7, 11) is 0. The van der Waals surface area contributed by atoms with Crippen LogP contribution in [0.15, 0.2) is 23.2 Å². The average molecular weight is 253 g/mol. The molecule has 1 aromatic carbocycles. The molecule has 0 unspecified atom stereocenters. The van der Waals surface area contributed by atoms with Crippen LogP contribution >= 0.6 is 11.6 Å². The summed E-state index contributed by atoms with van der Waals surface area (Å²) in [6.07, 6.45) is 0. The number of nitrogens with zero attached hydrogens (tertiary/aromatic N) is 4. The molecular weight excluding hydrogens is 244 g/mol. The molecule has 88 valence electrons. The second-order valence-electron chi connectivity index (χ2n) is 3.18. The van der Waals surface area contributed by atoms with Crippen LogP contribution < -0.4 is 5.73 Å². The minimum atomic E-state index is 0.00492. The Bertz CT molecular complexity index is 538. The van der Waals surface area contributed by atoms with Crippen LogP contribution in [-0.4, -0.2) is 37.4 Å². The Morgan fingerprint density at radius 2 is 2.35 bits per heavy atom. The summed E-state index contributed by atoms with van der Waals surface area (Å²) in [5.41, 5.74) is 6.47. The summed E-state index contributed by atoms with van der Waals surface area (Å²) in [6.45, 7) is 0. The molecule has 0 atom stereocenters. The first-order valence-corrected chi connectivity index (χ1v) is 5.20. The number of nitrogens with one attached hydrogen (secondary N) is 1. The summed E-state index contributed by atoms with van der Waals surface area (Å²) >= 11 is 5.52. The first-order chi connectivity index (χ1) is 8.20. The van der Waals surface area contributed by atoms with Gasteiger partial charge in [0.25, 0.3) is 0 Å². The Labute approximate surface area is 101 Å². The van der Waals surface area contributed by atoms with Crippen LogP contribution in [0.2, 0.25) is 0 Å². The molecule has 8 heteroatoms. The second kappa shape index (κ2) is 4.79. The van der Waals surface area contributed by atoms with Crippen LogP contribution in [0.25, 0.3) is 11.4 Å². The quantitative estimate of drug-likeness (QED) is 0.425. The smallest absolute Gasteiger partial charge is 0.204 e. The number of rotatable bonds is 3. The van der Waals surface area contributed by atoms with E-state index in [0.717, 1.165) is 0 Å². The van der Waals surface area contributed by atoms with Gasteiger partial charge in [-0.3, -0.25) is 0 Å². The Kier molecular flexibility index (Phi) is 3.20. The Morgan fingerprint density at radius 3 is 3.00 bits per heavy atom.